The second kappa shape index (κ2) is 4.45. The molecule has 0 heterocycles. The van der Waals surface area contributed by atoms with Crippen molar-refractivity contribution in [3.63, 3.8) is 0 Å². The Morgan fingerprint density at radius 1 is 1.64 bits per heavy atom. The number of carbonyl (C=O) groups excluding carboxylic acids is 1. The molecule has 0 aliphatic carbocycles. The first-order valence-corrected chi connectivity index (χ1v) is 3.90. The number of hydrogen-bond acceptors (Lipinski definition) is 3. The monoisotopic (exact) mass is 189 g/mol. The number of carbonyl (C=O) groups is 1. The Hall–Kier alpha value is -1.79. The zero-order chi connectivity index (χ0) is 10.6. The van der Waals surface area contributed by atoms with Gasteiger partial charge in [-0.25, -0.2) is 4.79 Å². The summed E-state index contributed by atoms with van der Waals surface area (Å²) in [6.45, 7) is 0.863. The van der Waals surface area contributed by atoms with Crippen molar-refractivity contribution in [2.24, 2.45) is 0 Å². The van der Waals surface area contributed by atoms with E-state index in [0.717, 1.165) is 6.61 Å². The quantitative estimate of drug-likeness (QED) is 0.564. The van der Waals surface area contributed by atoms with Gasteiger partial charge in [0.2, 0.25) is 0 Å². The lowest BCUT2D eigenvalue weighted by atomic mass is 10.0. The van der Waals surface area contributed by atoms with E-state index < -0.39 is 5.97 Å². The molecule has 1 radical (unpaired) electrons. The average Bonchev–Trinajstić information content (AvgIpc) is 2.26. The van der Waals surface area contributed by atoms with E-state index in [2.05, 4.69) is 10.7 Å². The Kier molecular flexibility index (Phi) is 3.27. The van der Waals surface area contributed by atoms with Crippen LogP contribution in [-0.4, -0.2) is 18.2 Å². The van der Waals surface area contributed by atoms with Crippen LogP contribution in [-0.2, 0) is 4.74 Å². The second-order valence-electron chi connectivity index (χ2n) is 2.53. The number of terminal acetylenes is 1. The highest BCUT2D eigenvalue weighted by Gasteiger charge is 2.12. The van der Waals surface area contributed by atoms with Crippen molar-refractivity contribution >= 4 is 5.97 Å². The number of aliphatic hydroxyl groups excluding tert-OH is 1. The first-order valence-electron chi connectivity index (χ1n) is 3.90. The summed E-state index contributed by atoms with van der Waals surface area (Å²) < 4.78 is 4.55. The molecule has 0 bridgehead atoms. The van der Waals surface area contributed by atoms with E-state index >= 15 is 0 Å². The molecule has 3 nitrogen and oxygen atoms in total. The maximum Gasteiger partial charge on any atom is 0.339 e. The van der Waals surface area contributed by atoms with Gasteiger partial charge in [-0.1, -0.05) is 18.1 Å². The molecule has 0 spiro atoms. The molecule has 0 aromatic heterocycles. The van der Waals surface area contributed by atoms with Crippen LogP contribution in [0.2, 0.25) is 0 Å². The van der Waals surface area contributed by atoms with E-state index in [9.17, 15) is 4.79 Å². The summed E-state index contributed by atoms with van der Waals surface area (Å²) in [6, 6.07) is 4.78. The third-order valence-corrected chi connectivity index (χ3v) is 1.79. The molecule has 0 saturated heterocycles. The molecule has 0 aliphatic heterocycles. The predicted molar refractivity (Wildman–Crippen MR) is 51.1 cm³/mol. The molecule has 1 aromatic carbocycles. The van der Waals surface area contributed by atoms with Crippen LogP contribution in [0.4, 0.5) is 0 Å². The van der Waals surface area contributed by atoms with Gasteiger partial charge in [-0.05, 0) is 11.6 Å². The van der Waals surface area contributed by atoms with E-state index in [-0.39, 0.29) is 5.56 Å². The normalized spacial score (nSPS) is 9.21. The van der Waals surface area contributed by atoms with E-state index in [4.69, 9.17) is 11.5 Å². The molecular formula is C11H9O3. The molecule has 0 unspecified atom stereocenters. The Morgan fingerprint density at radius 3 is 2.86 bits per heavy atom. The number of aliphatic hydroxyl groups is 1. The predicted octanol–water partition coefficient (Wildman–Crippen LogP) is 1.34. The Morgan fingerprint density at radius 2 is 2.36 bits per heavy atom. The lowest BCUT2D eigenvalue weighted by Crippen LogP contribution is -2.05. The fraction of sp³-hybridized carbons (Fsp3) is 0.0909. The van der Waals surface area contributed by atoms with Gasteiger partial charge in [-0.2, -0.15) is 0 Å². The summed E-state index contributed by atoms with van der Waals surface area (Å²) in [7, 11) is 1.28. The maximum atomic E-state index is 11.2. The van der Waals surface area contributed by atoms with Crippen LogP contribution < -0.4 is 0 Å². The van der Waals surface area contributed by atoms with Crippen LogP contribution in [0, 0.1) is 19.0 Å². The van der Waals surface area contributed by atoms with E-state index in [1.807, 2.05) is 0 Å². The van der Waals surface area contributed by atoms with Gasteiger partial charge in [0, 0.05) is 5.56 Å². The fourth-order valence-corrected chi connectivity index (χ4v) is 1.12. The van der Waals surface area contributed by atoms with Crippen LogP contribution in [0.25, 0.3) is 0 Å². The highest BCUT2D eigenvalue weighted by Crippen LogP contribution is 2.15. The van der Waals surface area contributed by atoms with E-state index in [0.29, 0.717) is 11.1 Å². The molecule has 71 valence electrons. The molecule has 1 aromatic rings. The zero-order valence-corrected chi connectivity index (χ0v) is 7.65. The summed E-state index contributed by atoms with van der Waals surface area (Å²) in [5, 5.41) is 8.86. The molecule has 0 atom stereocenters. The summed E-state index contributed by atoms with van der Waals surface area (Å²) in [6.07, 6.45) is 5.23. The van der Waals surface area contributed by atoms with Gasteiger partial charge in [0.25, 0.3) is 0 Å². The highest BCUT2D eigenvalue weighted by atomic mass is 16.5. The van der Waals surface area contributed by atoms with Gasteiger partial charge in [0.1, 0.15) is 6.61 Å². The van der Waals surface area contributed by atoms with Crippen LogP contribution in [0.3, 0.4) is 0 Å². The van der Waals surface area contributed by atoms with E-state index in [1.165, 1.54) is 7.11 Å². The van der Waals surface area contributed by atoms with Crippen molar-refractivity contribution in [2.75, 3.05) is 7.11 Å². The van der Waals surface area contributed by atoms with Crippen molar-refractivity contribution in [3.05, 3.63) is 41.5 Å². The summed E-state index contributed by atoms with van der Waals surface area (Å²) >= 11 is 0. The number of esters is 1. The largest absolute Gasteiger partial charge is 0.465 e. The first kappa shape index (κ1) is 10.3. The lowest BCUT2D eigenvalue weighted by Gasteiger charge is -2.05. The van der Waals surface area contributed by atoms with Gasteiger partial charge in [0.05, 0.1) is 12.7 Å². The second-order valence-corrected chi connectivity index (χ2v) is 2.53. The number of methoxy groups -OCH3 is 1. The van der Waals surface area contributed by atoms with Gasteiger partial charge in [-0.15, -0.1) is 6.42 Å². The standard InChI is InChI=1S/C11H9O3/c1-3-9-8(7-12)5-4-6-10(9)11(13)14-2/h1,4-7,12H,2H3. The molecule has 14 heavy (non-hydrogen) atoms. The average molecular weight is 189 g/mol. The molecule has 0 amide bonds. The number of benzene rings is 1. The van der Waals surface area contributed by atoms with Crippen LogP contribution in [0.5, 0.6) is 0 Å². The minimum Gasteiger partial charge on any atom is -0.465 e. The third-order valence-electron chi connectivity index (χ3n) is 1.79. The molecule has 1 rings (SSSR count). The van der Waals surface area contributed by atoms with Crippen molar-refractivity contribution in [3.8, 4) is 12.3 Å². The maximum absolute atomic E-state index is 11.2. The lowest BCUT2D eigenvalue weighted by molar-refractivity contribution is 0.0600. The van der Waals surface area contributed by atoms with Crippen molar-refractivity contribution < 1.29 is 14.6 Å². The highest BCUT2D eigenvalue weighted by molar-refractivity contribution is 5.92. The van der Waals surface area contributed by atoms with Gasteiger partial charge in [0.15, 0.2) is 0 Å². The van der Waals surface area contributed by atoms with Crippen molar-refractivity contribution in [1.82, 2.24) is 0 Å². The molecule has 0 saturated carbocycles. The van der Waals surface area contributed by atoms with Crippen molar-refractivity contribution in [2.45, 2.75) is 0 Å². The fourth-order valence-electron chi connectivity index (χ4n) is 1.12. The molecular weight excluding hydrogens is 180 g/mol. The molecule has 3 heteroatoms. The van der Waals surface area contributed by atoms with Crippen LogP contribution in [0.1, 0.15) is 21.5 Å². The zero-order valence-electron chi connectivity index (χ0n) is 7.65. The Labute approximate surface area is 82.3 Å². The number of rotatable bonds is 2. The SMILES string of the molecule is C#Cc1c([CH]O)cccc1C(=O)OC. The number of hydrogen-bond donors (Lipinski definition) is 1. The molecule has 1 N–H and O–H groups in total. The summed E-state index contributed by atoms with van der Waals surface area (Å²) in [5.74, 6) is 1.83. The van der Waals surface area contributed by atoms with Crippen molar-refractivity contribution in [1.29, 1.82) is 0 Å². The topological polar surface area (TPSA) is 46.5 Å². The van der Waals surface area contributed by atoms with E-state index in [1.54, 1.807) is 18.2 Å². The van der Waals surface area contributed by atoms with Gasteiger partial charge in [-0.3, -0.25) is 0 Å². The molecule has 0 fully saturated rings. The Balaban J connectivity index is 3.31. The van der Waals surface area contributed by atoms with Crippen LogP contribution in [0.15, 0.2) is 18.2 Å². The number of ether oxygens (including phenoxy) is 1. The Bertz CT molecular complexity index is 388. The first-order chi connectivity index (χ1) is 6.74. The smallest absolute Gasteiger partial charge is 0.339 e. The summed E-state index contributed by atoms with van der Waals surface area (Å²) in [5.41, 5.74) is 1.04. The third kappa shape index (κ3) is 1.76. The summed E-state index contributed by atoms with van der Waals surface area (Å²) in [4.78, 5) is 11.2. The van der Waals surface area contributed by atoms with Gasteiger partial charge < -0.3 is 9.84 Å². The molecule has 0 aliphatic rings. The van der Waals surface area contributed by atoms with Gasteiger partial charge >= 0.3 is 5.97 Å². The minimum absolute atomic E-state index is 0.276. The van der Waals surface area contributed by atoms with Crippen LogP contribution >= 0.6 is 0 Å². The minimum atomic E-state index is -0.512.